The largest absolute Gasteiger partial charge is 0.497 e. The van der Waals surface area contributed by atoms with Crippen molar-refractivity contribution >= 4 is 12.2 Å². The number of nitrogens with one attached hydrogen (secondary N) is 1. The zero-order chi connectivity index (χ0) is 12.4. The molecular formula is C11H13N3O2S. The highest BCUT2D eigenvalue weighted by molar-refractivity contribution is 7.71. The maximum absolute atomic E-state index is 5.31. The van der Waals surface area contributed by atoms with Crippen molar-refractivity contribution in [1.29, 1.82) is 0 Å². The highest BCUT2D eigenvalue weighted by Gasteiger charge is 2.11. The Hall–Kier alpha value is -1.82. The molecule has 90 valence electrons. The normalized spacial score (nSPS) is 10.3. The monoisotopic (exact) mass is 251 g/mol. The number of methoxy groups -OCH3 is 2. The van der Waals surface area contributed by atoms with Crippen LogP contribution in [0.4, 0.5) is 0 Å². The Labute approximate surface area is 104 Å². The maximum atomic E-state index is 5.31. The summed E-state index contributed by atoms with van der Waals surface area (Å²) in [5, 5.41) is 6.82. The molecule has 0 fully saturated rings. The van der Waals surface area contributed by atoms with E-state index in [2.05, 4.69) is 10.2 Å². The molecule has 0 aliphatic carbocycles. The van der Waals surface area contributed by atoms with Gasteiger partial charge < -0.3 is 9.47 Å². The lowest BCUT2D eigenvalue weighted by Gasteiger charge is -2.11. The minimum atomic E-state index is 0.522. The standard InChI is InChI=1S/C11H13N3O2S/c1-7-12-13-11(17)14(7)9-6-8(15-2)4-5-10(9)16-3/h4-6H,1-3H3,(H,13,17). The Morgan fingerprint density at radius 1 is 1.29 bits per heavy atom. The van der Waals surface area contributed by atoms with Gasteiger partial charge >= 0.3 is 0 Å². The first-order chi connectivity index (χ1) is 8.17. The van der Waals surface area contributed by atoms with E-state index in [4.69, 9.17) is 21.7 Å². The third-order valence-electron chi connectivity index (χ3n) is 2.47. The number of nitrogens with zero attached hydrogens (tertiary/aromatic N) is 2. The molecule has 1 heterocycles. The van der Waals surface area contributed by atoms with E-state index in [1.54, 1.807) is 18.8 Å². The fourth-order valence-electron chi connectivity index (χ4n) is 1.63. The van der Waals surface area contributed by atoms with E-state index < -0.39 is 0 Å². The van der Waals surface area contributed by atoms with Gasteiger partial charge in [-0.25, -0.2) is 0 Å². The molecule has 0 radical (unpaired) electrons. The molecule has 0 bridgehead atoms. The summed E-state index contributed by atoms with van der Waals surface area (Å²) in [6, 6.07) is 5.53. The van der Waals surface area contributed by atoms with E-state index in [1.165, 1.54) is 0 Å². The first-order valence-corrected chi connectivity index (χ1v) is 5.44. The third kappa shape index (κ3) is 2.03. The molecule has 1 aromatic heterocycles. The van der Waals surface area contributed by atoms with Crippen LogP contribution in [0.2, 0.25) is 0 Å². The molecular weight excluding hydrogens is 238 g/mol. The van der Waals surface area contributed by atoms with Crippen molar-refractivity contribution in [2.24, 2.45) is 0 Å². The molecule has 0 aliphatic heterocycles. The Balaban J connectivity index is 2.68. The van der Waals surface area contributed by atoms with Gasteiger partial charge in [0.1, 0.15) is 17.3 Å². The van der Waals surface area contributed by atoms with Crippen LogP contribution in [0.3, 0.4) is 0 Å². The van der Waals surface area contributed by atoms with Gasteiger partial charge in [0.25, 0.3) is 0 Å². The second-order valence-electron chi connectivity index (χ2n) is 3.45. The molecule has 6 heteroatoms. The minimum absolute atomic E-state index is 0.522. The SMILES string of the molecule is COc1ccc(OC)c(-n2c(C)n[nH]c2=S)c1. The van der Waals surface area contributed by atoms with Crippen molar-refractivity contribution in [3.8, 4) is 17.2 Å². The lowest BCUT2D eigenvalue weighted by Crippen LogP contribution is -2.01. The molecule has 1 N–H and O–H groups in total. The van der Waals surface area contributed by atoms with E-state index >= 15 is 0 Å². The number of H-pyrrole nitrogens is 1. The number of hydrogen-bond acceptors (Lipinski definition) is 4. The fourth-order valence-corrected chi connectivity index (χ4v) is 1.91. The molecule has 0 aliphatic rings. The number of aryl methyl sites for hydroxylation is 1. The summed E-state index contributed by atoms with van der Waals surface area (Å²) in [6.07, 6.45) is 0. The van der Waals surface area contributed by atoms with Crippen molar-refractivity contribution in [1.82, 2.24) is 14.8 Å². The van der Waals surface area contributed by atoms with Crippen LogP contribution in [0.15, 0.2) is 18.2 Å². The van der Waals surface area contributed by atoms with Crippen molar-refractivity contribution in [2.75, 3.05) is 14.2 Å². The smallest absolute Gasteiger partial charge is 0.199 e. The van der Waals surface area contributed by atoms with Crippen molar-refractivity contribution < 1.29 is 9.47 Å². The predicted octanol–water partition coefficient (Wildman–Crippen LogP) is 2.26. The molecule has 1 aromatic carbocycles. The Morgan fingerprint density at radius 2 is 2.06 bits per heavy atom. The molecule has 0 saturated heterocycles. The first-order valence-electron chi connectivity index (χ1n) is 5.03. The zero-order valence-corrected chi connectivity index (χ0v) is 10.7. The fraction of sp³-hybridized carbons (Fsp3) is 0.273. The van der Waals surface area contributed by atoms with Crippen molar-refractivity contribution in [3.63, 3.8) is 0 Å². The summed E-state index contributed by atoms with van der Waals surface area (Å²) in [5.41, 5.74) is 0.808. The molecule has 0 spiro atoms. The van der Waals surface area contributed by atoms with E-state index in [-0.39, 0.29) is 0 Å². The van der Waals surface area contributed by atoms with Gasteiger partial charge in [-0.05, 0) is 31.3 Å². The maximum Gasteiger partial charge on any atom is 0.199 e. The van der Waals surface area contributed by atoms with Gasteiger partial charge in [-0.1, -0.05) is 0 Å². The summed E-state index contributed by atoms with van der Waals surface area (Å²) < 4.78 is 12.8. The Morgan fingerprint density at radius 3 is 2.59 bits per heavy atom. The van der Waals surface area contributed by atoms with E-state index in [0.717, 1.165) is 17.3 Å². The molecule has 5 nitrogen and oxygen atoms in total. The summed E-state index contributed by atoms with van der Waals surface area (Å²) in [7, 11) is 3.23. The van der Waals surface area contributed by atoms with Gasteiger partial charge in [0, 0.05) is 6.07 Å². The van der Waals surface area contributed by atoms with Crippen LogP contribution in [0.1, 0.15) is 5.82 Å². The second kappa shape index (κ2) is 4.58. The first kappa shape index (κ1) is 11.7. The van der Waals surface area contributed by atoms with Gasteiger partial charge in [-0.2, -0.15) is 5.10 Å². The molecule has 0 unspecified atom stereocenters. The number of benzene rings is 1. The van der Waals surface area contributed by atoms with Crippen LogP contribution >= 0.6 is 12.2 Å². The van der Waals surface area contributed by atoms with Crippen molar-refractivity contribution in [3.05, 3.63) is 28.8 Å². The highest BCUT2D eigenvalue weighted by Crippen LogP contribution is 2.28. The summed E-state index contributed by atoms with van der Waals surface area (Å²) in [5.74, 6) is 2.22. The number of aromatic amines is 1. The topological polar surface area (TPSA) is 52.1 Å². The lowest BCUT2D eigenvalue weighted by molar-refractivity contribution is 0.401. The average Bonchev–Trinajstić information content (AvgIpc) is 2.68. The van der Waals surface area contributed by atoms with Crippen LogP contribution in [0.25, 0.3) is 5.69 Å². The summed E-state index contributed by atoms with van der Waals surface area (Å²) >= 11 is 5.19. The number of rotatable bonds is 3. The van der Waals surface area contributed by atoms with Gasteiger partial charge in [-0.3, -0.25) is 9.67 Å². The number of aromatic nitrogens is 3. The van der Waals surface area contributed by atoms with E-state index in [0.29, 0.717) is 10.5 Å². The zero-order valence-electron chi connectivity index (χ0n) is 9.85. The quantitative estimate of drug-likeness (QED) is 0.850. The molecule has 2 aromatic rings. The molecule has 2 rings (SSSR count). The van der Waals surface area contributed by atoms with Gasteiger partial charge in [0.2, 0.25) is 0 Å². The average molecular weight is 251 g/mol. The molecule has 0 atom stereocenters. The number of ether oxygens (including phenoxy) is 2. The lowest BCUT2D eigenvalue weighted by atomic mass is 10.2. The third-order valence-corrected chi connectivity index (χ3v) is 2.74. The van der Waals surface area contributed by atoms with E-state index in [9.17, 15) is 0 Å². The number of hydrogen-bond donors (Lipinski definition) is 1. The highest BCUT2D eigenvalue weighted by atomic mass is 32.1. The van der Waals surface area contributed by atoms with E-state index in [1.807, 2.05) is 25.1 Å². The predicted molar refractivity (Wildman–Crippen MR) is 66.6 cm³/mol. The molecule has 17 heavy (non-hydrogen) atoms. The molecule has 0 amide bonds. The summed E-state index contributed by atoms with van der Waals surface area (Å²) in [6.45, 7) is 1.87. The minimum Gasteiger partial charge on any atom is -0.497 e. The van der Waals surface area contributed by atoms with Gasteiger partial charge in [0.05, 0.1) is 19.9 Å². The van der Waals surface area contributed by atoms with Gasteiger partial charge in [0.15, 0.2) is 4.77 Å². The molecule has 0 saturated carbocycles. The van der Waals surface area contributed by atoms with Crippen LogP contribution < -0.4 is 9.47 Å². The Bertz CT molecular complexity index is 589. The van der Waals surface area contributed by atoms with Crippen LogP contribution in [0, 0.1) is 11.7 Å². The van der Waals surface area contributed by atoms with Crippen molar-refractivity contribution in [2.45, 2.75) is 6.92 Å². The van der Waals surface area contributed by atoms with Crippen LogP contribution in [-0.2, 0) is 0 Å². The summed E-state index contributed by atoms with van der Waals surface area (Å²) in [4.78, 5) is 0. The Kier molecular flexibility index (Phi) is 3.14. The van der Waals surface area contributed by atoms with Crippen LogP contribution in [0.5, 0.6) is 11.5 Å². The van der Waals surface area contributed by atoms with Crippen LogP contribution in [-0.4, -0.2) is 29.0 Å². The van der Waals surface area contributed by atoms with Gasteiger partial charge in [-0.15, -0.1) is 0 Å². The second-order valence-corrected chi connectivity index (χ2v) is 3.84.